The number of ether oxygens (including phenoxy) is 3. The molecule has 0 fully saturated rings. The highest BCUT2D eigenvalue weighted by atomic mass is 16.5. The van der Waals surface area contributed by atoms with E-state index in [2.05, 4.69) is 5.32 Å². The molecule has 0 spiro atoms. The second kappa shape index (κ2) is 9.14. The van der Waals surface area contributed by atoms with Gasteiger partial charge in [-0.15, -0.1) is 0 Å². The highest BCUT2D eigenvalue weighted by Gasteiger charge is 2.41. The van der Waals surface area contributed by atoms with Gasteiger partial charge in [-0.25, -0.2) is 4.79 Å². The van der Waals surface area contributed by atoms with E-state index in [4.69, 9.17) is 14.2 Å². The maximum absolute atomic E-state index is 13.6. The Morgan fingerprint density at radius 1 is 0.939 bits per heavy atom. The van der Waals surface area contributed by atoms with Crippen LogP contribution in [-0.4, -0.2) is 33.1 Å². The van der Waals surface area contributed by atoms with Crippen molar-refractivity contribution in [3.63, 3.8) is 0 Å². The average molecular weight is 448 g/mol. The second-order valence-corrected chi connectivity index (χ2v) is 8.54. The number of dihydropyridines is 1. The zero-order valence-electron chi connectivity index (χ0n) is 19.7. The van der Waals surface area contributed by atoms with Crippen molar-refractivity contribution in [3.8, 4) is 11.5 Å². The normalized spacial score (nSPS) is 20.2. The molecule has 33 heavy (non-hydrogen) atoms. The molecule has 1 heterocycles. The smallest absolute Gasteiger partial charge is 0.336 e. The van der Waals surface area contributed by atoms with E-state index in [9.17, 15) is 9.59 Å². The number of aryl methyl sites for hydroxylation is 1. The van der Waals surface area contributed by atoms with Crippen molar-refractivity contribution in [2.24, 2.45) is 0 Å². The van der Waals surface area contributed by atoms with Gasteiger partial charge in [0, 0.05) is 29.3 Å². The Hall–Kier alpha value is -3.54. The third-order valence-electron chi connectivity index (χ3n) is 6.49. The Kier molecular flexibility index (Phi) is 6.27. The van der Waals surface area contributed by atoms with Gasteiger partial charge in [0.1, 0.15) is 0 Å². The molecule has 2 aromatic rings. The molecule has 6 nitrogen and oxygen atoms in total. The van der Waals surface area contributed by atoms with Crippen molar-refractivity contribution >= 4 is 11.8 Å². The van der Waals surface area contributed by atoms with Gasteiger partial charge in [-0.05, 0) is 49.4 Å². The standard InChI is InChI=1S/C27H29NO5/c1-15-7-6-8-18(11-15)25-24(27(30)33-5)16(2)28-20-12-19(13-21(29)26(20)25)17-9-10-22(31-3)23(14-17)32-4/h6-11,14,19,25,28H,12-13H2,1-5H3/t19-,25+/m0/s1. The molecule has 2 atom stereocenters. The number of nitrogens with one attached hydrogen (secondary N) is 1. The van der Waals surface area contributed by atoms with Crippen molar-refractivity contribution < 1.29 is 23.8 Å². The molecule has 6 heteroatoms. The largest absolute Gasteiger partial charge is 0.493 e. The molecule has 1 aliphatic carbocycles. The number of carbonyl (C=O) groups is 2. The molecule has 172 valence electrons. The van der Waals surface area contributed by atoms with Gasteiger partial charge in [0.25, 0.3) is 0 Å². The molecule has 1 N–H and O–H groups in total. The fourth-order valence-electron chi connectivity index (χ4n) is 4.95. The first kappa shape index (κ1) is 22.6. The number of hydrogen-bond donors (Lipinski definition) is 1. The lowest BCUT2D eigenvalue weighted by atomic mass is 9.71. The second-order valence-electron chi connectivity index (χ2n) is 8.54. The monoisotopic (exact) mass is 447 g/mol. The van der Waals surface area contributed by atoms with E-state index in [-0.39, 0.29) is 11.7 Å². The summed E-state index contributed by atoms with van der Waals surface area (Å²) in [6.07, 6.45) is 1.01. The van der Waals surface area contributed by atoms with Gasteiger partial charge in [0.15, 0.2) is 17.3 Å². The minimum absolute atomic E-state index is 0.00538. The van der Waals surface area contributed by atoms with Gasteiger partial charge in [-0.1, -0.05) is 35.9 Å². The Labute approximate surface area is 194 Å². The first-order valence-electron chi connectivity index (χ1n) is 11.0. The molecule has 2 aromatic carbocycles. The lowest BCUT2D eigenvalue weighted by Gasteiger charge is -2.36. The van der Waals surface area contributed by atoms with Gasteiger partial charge in [0.05, 0.1) is 26.9 Å². The van der Waals surface area contributed by atoms with Crippen LogP contribution in [0.15, 0.2) is 65.0 Å². The number of allylic oxidation sites excluding steroid dienone is 3. The number of rotatable bonds is 5. The van der Waals surface area contributed by atoms with Crippen molar-refractivity contribution in [3.05, 3.63) is 81.7 Å². The molecule has 4 rings (SSSR count). The molecule has 0 saturated carbocycles. The minimum Gasteiger partial charge on any atom is -0.493 e. The molecule has 0 unspecified atom stereocenters. The van der Waals surface area contributed by atoms with Crippen molar-refractivity contribution in [2.45, 2.75) is 38.5 Å². The predicted molar refractivity (Wildman–Crippen MR) is 125 cm³/mol. The zero-order valence-corrected chi connectivity index (χ0v) is 19.7. The fraction of sp³-hybridized carbons (Fsp3) is 0.333. The molecule has 1 aliphatic heterocycles. The molecule has 0 aromatic heterocycles. The number of ketones is 1. The van der Waals surface area contributed by atoms with Crippen molar-refractivity contribution in [2.75, 3.05) is 21.3 Å². The number of Topliss-reactive ketones (excluding diaryl/α,β-unsaturated/α-hetero) is 1. The number of esters is 1. The molecule has 0 saturated heterocycles. The van der Waals surface area contributed by atoms with Crippen molar-refractivity contribution in [1.82, 2.24) is 5.32 Å². The topological polar surface area (TPSA) is 73.9 Å². The van der Waals surface area contributed by atoms with Crippen LogP contribution >= 0.6 is 0 Å². The quantitative estimate of drug-likeness (QED) is 0.678. The molecular weight excluding hydrogens is 418 g/mol. The summed E-state index contributed by atoms with van der Waals surface area (Å²) >= 11 is 0. The Morgan fingerprint density at radius 3 is 2.36 bits per heavy atom. The number of hydrogen-bond acceptors (Lipinski definition) is 6. The maximum atomic E-state index is 13.6. The summed E-state index contributed by atoms with van der Waals surface area (Å²) in [6, 6.07) is 13.7. The van der Waals surface area contributed by atoms with Gasteiger partial charge >= 0.3 is 5.97 Å². The molecule has 2 aliphatic rings. The van der Waals surface area contributed by atoms with E-state index in [1.807, 2.05) is 56.3 Å². The number of carbonyl (C=O) groups excluding carboxylic acids is 2. The Morgan fingerprint density at radius 2 is 1.70 bits per heavy atom. The summed E-state index contributed by atoms with van der Waals surface area (Å²) in [4.78, 5) is 26.4. The van der Waals surface area contributed by atoms with Gasteiger partial charge in [0.2, 0.25) is 0 Å². The lowest BCUT2D eigenvalue weighted by molar-refractivity contribution is -0.136. The predicted octanol–water partition coefficient (Wildman–Crippen LogP) is 4.55. The van der Waals surface area contributed by atoms with E-state index < -0.39 is 11.9 Å². The van der Waals surface area contributed by atoms with Crippen LogP contribution in [0.2, 0.25) is 0 Å². The number of benzene rings is 2. The summed E-state index contributed by atoms with van der Waals surface area (Å²) in [5.74, 6) is 0.444. The van der Waals surface area contributed by atoms with Crippen LogP contribution in [0.1, 0.15) is 48.3 Å². The van der Waals surface area contributed by atoms with Crippen LogP contribution in [0, 0.1) is 6.92 Å². The minimum atomic E-state index is -0.451. The summed E-state index contributed by atoms with van der Waals surface area (Å²) in [5, 5.41) is 3.36. The number of methoxy groups -OCH3 is 3. The first-order chi connectivity index (χ1) is 15.9. The Balaban J connectivity index is 1.78. The highest BCUT2D eigenvalue weighted by molar-refractivity contribution is 6.04. The van der Waals surface area contributed by atoms with Crippen LogP contribution in [-0.2, 0) is 14.3 Å². The van der Waals surface area contributed by atoms with Crippen molar-refractivity contribution in [1.29, 1.82) is 0 Å². The summed E-state index contributed by atoms with van der Waals surface area (Å²) in [7, 11) is 4.58. The van der Waals surface area contributed by atoms with Crippen LogP contribution < -0.4 is 14.8 Å². The first-order valence-corrected chi connectivity index (χ1v) is 11.0. The van der Waals surface area contributed by atoms with E-state index in [1.165, 1.54) is 7.11 Å². The SMILES string of the molecule is COC(=O)C1=C(C)NC2=C(C(=O)C[C@@H](c3ccc(OC)c(OC)c3)C2)[C@@H]1c1cccc(C)c1. The van der Waals surface area contributed by atoms with Crippen LogP contribution in [0.3, 0.4) is 0 Å². The van der Waals surface area contributed by atoms with Crippen LogP contribution in [0.4, 0.5) is 0 Å². The lowest BCUT2D eigenvalue weighted by Crippen LogP contribution is -2.36. The summed E-state index contributed by atoms with van der Waals surface area (Å²) < 4.78 is 15.9. The molecular formula is C27H29NO5. The van der Waals surface area contributed by atoms with E-state index in [0.717, 1.165) is 22.4 Å². The third-order valence-corrected chi connectivity index (χ3v) is 6.49. The molecule has 0 amide bonds. The summed E-state index contributed by atoms with van der Waals surface area (Å²) in [6.45, 7) is 3.87. The summed E-state index contributed by atoms with van der Waals surface area (Å²) in [5.41, 5.74) is 5.73. The van der Waals surface area contributed by atoms with E-state index in [0.29, 0.717) is 41.2 Å². The maximum Gasteiger partial charge on any atom is 0.336 e. The molecule has 0 bridgehead atoms. The van der Waals surface area contributed by atoms with Gasteiger partial charge < -0.3 is 19.5 Å². The molecule has 0 radical (unpaired) electrons. The van der Waals surface area contributed by atoms with E-state index in [1.54, 1.807) is 14.2 Å². The highest BCUT2D eigenvalue weighted by Crippen LogP contribution is 2.46. The van der Waals surface area contributed by atoms with Crippen LogP contribution in [0.5, 0.6) is 11.5 Å². The zero-order chi connectivity index (χ0) is 23.7. The third kappa shape index (κ3) is 4.13. The Bertz CT molecular complexity index is 1180. The van der Waals surface area contributed by atoms with Gasteiger partial charge in [-0.2, -0.15) is 0 Å². The van der Waals surface area contributed by atoms with Crippen LogP contribution in [0.25, 0.3) is 0 Å². The fourth-order valence-corrected chi connectivity index (χ4v) is 4.95. The average Bonchev–Trinajstić information content (AvgIpc) is 2.82. The van der Waals surface area contributed by atoms with Gasteiger partial charge in [-0.3, -0.25) is 4.79 Å². The van der Waals surface area contributed by atoms with E-state index >= 15 is 0 Å².